The smallest absolute Gasteiger partial charge is 0.412 e. The van der Waals surface area contributed by atoms with Crippen LogP contribution in [0.2, 0.25) is 0 Å². The first-order valence-electron chi connectivity index (χ1n) is 8.46. The molecule has 0 spiro atoms. The standard InChI is InChI=1S/C21H17N3O4/c22-11-17-13-24(12-15-7-3-1-4-8-15)19(20(25)26)18(17)23-21(27)28-14-16-9-5-2-6-10-16/h1-10,13H,12,14H2,(H,23,27)(H,25,26). The minimum atomic E-state index is -1.25. The van der Waals surface area contributed by atoms with E-state index >= 15 is 0 Å². The minimum absolute atomic E-state index is 0.0295. The van der Waals surface area contributed by atoms with Gasteiger partial charge in [-0.05, 0) is 11.1 Å². The molecule has 1 amide bonds. The van der Waals surface area contributed by atoms with Gasteiger partial charge in [0.2, 0.25) is 0 Å². The van der Waals surface area contributed by atoms with Crippen LogP contribution in [0.5, 0.6) is 0 Å². The maximum atomic E-state index is 12.2. The number of hydrogen-bond donors (Lipinski definition) is 2. The van der Waals surface area contributed by atoms with Crippen LogP contribution in [0, 0.1) is 11.3 Å². The Kier molecular flexibility index (Phi) is 5.72. The molecule has 0 fully saturated rings. The number of nitrogens with one attached hydrogen (secondary N) is 1. The lowest BCUT2D eigenvalue weighted by Gasteiger charge is -2.10. The molecule has 1 aromatic heterocycles. The molecule has 7 heteroatoms. The van der Waals surface area contributed by atoms with Crippen molar-refractivity contribution in [3.63, 3.8) is 0 Å². The number of carboxylic acids is 1. The summed E-state index contributed by atoms with van der Waals surface area (Å²) in [5, 5.41) is 21.4. The van der Waals surface area contributed by atoms with Gasteiger partial charge in [0.15, 0.2) is 5.69 Å². The van der Waals surface area contributed by atoms with Crippen molar-refractivity contribution in [1.29, 1.82) is 5.26 Å². The number of aromatic carboxylic acids is 1. The fraction of sp³-hybridized carbons (Fsp3) is 0.0952. The highest BCUT2D eigenvalue weighted by Gasteiger charge is 2.23. The number of hydrogen-bond acceptors (Lipinski definition) is 4. The van der Waals surface area contributed by atoms with Gasteiger partial charge in [0.05, 0.1) is 11.3 Å². The van der Waals surface area contributed by atoms with Gasteiger partial charge in [-0.1, -0.05) is 60.7 Å². The number of anilines is 1. The van der Waals surface area contributed by atoms with Gasteiger partial charge in [0.1, 0.15) is 12.7 Å². The third kappa shape index (κ3) is 4.37. The molecule has 0 unspecified atom stereocenters. The molecule has 3 aromatic rings. The summed E-state index contributed by atoms with van der Waals surface area (Å²) in [6, 6.07) is 20.2. The van der Waals surface area contributed by atoms with Crippen molar-refractivity contribution in [2.75, 3.05) is 5.32 Å². The number of carboxylic acid groups (broad SMARTS) is 1. The number of benzene rings is 2. The predicted octanol–water partition coefficient (Wildman–Crippen LogP) is 3.85. The Balaban J connectivity index is 1.82. The van der Waals surface area contributed by atoms with Crippen molar-refractivity contribution in [3.05, 3.63) is 89.2 Å². The Bertz CT molecular complexity index is 1020. The molecular weight excluding hydrogens is 358 g/mol. The number of rotatable bonds is 6. The van der Waals surface area contributed by atoms with E-state index in [9.17, 15) is 20.0 Å². The minimum Gasteiger partial charge on any atom is -0.477 e. The first kappa shape index (κ1) is 18.7. The maximum absolute atomic E-state index is 12.2. The van der Waals surface area contributed by atoms with Gasteiger partial charge in [-0.15, -0.1) is 0 Å². The SMILES string of the molecule is N#Cc1cn(Cc2ccccc2)c(C(=O)O)c1NC(=O)OCc1ccccc1. The molecule has 2 aromatic carbocycles. The molecule has 0 aliphatic rings. The van der Waals surface area contributed by atoms with Crippen molar-refractivity contribution < 1.29 is 19.4 Å². The summed E-state index contributed by atoms with van der Waals surface area (Å²) in [5.74, 6) is -1.25. The highest BCUT2D eigenvalue weighted by atomic mass is 16.5. The lowest BCUT2D eigenvalue weighted by atomic mass is 10.2. The summed E-state index contributed by atoms with van der Waals surface area (Å²) in [4.78, 5) is 24.0. The van der Waals surface area contributed by atoms with Crippen LogP contribution in [-0.2, 0) is 17.9 Å². The second-order valence-corrected chi connectivity index (χ2v) is 5.98. The van der Waals surface area contributed by atoms with Gasteiger partial charge >= 0.3 is 12.1 Å². The zero-order valence-corrected chi connectivity index (χ0v) is 14.8. The van der Waals surface area contributed by atoms with Crippen LogP contribution in [0.1, 0.15) is 27.2 Å². The van der Waals surface area contributed by atoms with Crippen molar-refractivity contribution in [1.82, 2.24) is 4.57 Å². The normalized spacial score (nSPS) is 10.1. The van der Waals surface area contributed by atoms with E-state index in [0.29, 0.717) is 0 Å². The van der Waals surface area contributed by atoms with Crippen LogP contribution >= 0.6 is 0 Å². The molecule has 0 saturated heterocycles. The van der Waals surface area contributed by atoms with E-state index in [1.54, 1.807) is 12.1 Å². The number of ether oxygens (including phenoxy) is 1. The van der Waals surface area contributed by atoms with Gasteiger partial charge < -0.3 is 14.4 Å². The number of carbonyl (C=O) groups excluding carboxylic acids is 1. The van der Waals surface area contributed by atoms with Crippen LogP contribution in [0.4, 0.5) is 10.5 Å². The maximum Gasteiger partial charge on any atom is 0.412 e. The highest BCUT2D eigenvalue weighted by Crippen LogP contribution is 2.25. The van der Waals surface area contributed by atoms with Gasteiger partial charge in [0.25, 0.3) is 0 Å². The van der Waals surface area contributed by atoms with E-state index in [2.05, 4.69) is 5.32 Å². The Morgan fingerprint density at radius 3 is 2.21 bits per heavy atom. The average molecular weight is 375 g/mol. The van der Waals surface area contributed by atoms with Crippen LogP contribution in [0.15, 0.2) is 66.9 Å². The first-order chi connectivity index (χ1) is 13.6. The predicted molar refractivity (Wildman–Crippen MR) is 102 cm³/mol. The molecule has 140 valence electrons. The Morgan fingerprint density at radius 1 is 1.04 bits per heavy atom. The Hall–Kier alpha value is -4.05. The molecule has 1 heterocycles. The van der Waals surface area contributed by atoms with E-state index in [1.807, 2.05) is 54.6 Å². The van der Waals surface area contributed by atoms with Crippen LogP contribution in [0.3, 0.4) is 0 Å². The molecule has 0 aliphatic heterocycles. The highest BCUT2D eigenvalue weighted by molar-refractivity contribution is 5.99. The van der Waals surface area contributed by atoms with E-state index in [1.165, 1.54) is 10.8 Å². The number of nitrogens with zero attached hydrogens (tertiary/aromatic N) is 2. The second-order valence-electron chi connectivity index (χ2n) is 5.98. The van der Waals surface area contributed by atoms with Crippen molar-refractivity contribution in [2.24, 2.45) is 0 Å². The summed E-state index contributed by atoms with van der Waals surface area (Å²) in [6.07, 6.45) is 0.573. The fourth-order valence-corrected chi connectivity index (χ4v) is 2.76. The van der Waals surface area contributed by atoms with Gasteiger partial charge in [-0.25, -0.2) is 9.59 Å². The van der Waals surface area contributed by atoms with E-state index < -0.39 is 12.1 Å². The molecule has 0 bridgehead atoms. The average Bonchev–Trinajstić information content (AvgIpc) is 3.05. The quantitative estimate of drug-likeness (QED) is 0.681. The van der Waals surface area contributed by atoms with Crippen LogP contribution < -0.4 is 5.32 Å². The van der Waals surface area contributed by atoms with Crippen LogP contribution in [0.25, 0.3) is 0 Å². The summed E-state index contributed by atoms with van der Waals surface area (Å²) in [7, 11) is 0. The zero-order chi connectivity index (χ0) is 19.9. The van der Waals surface area contributed by atoms with E-state index in [4.69, 9.17) is 4.74 Å². The summed E-state index contributed by atoms with van der Waals surface area (Å²) in [5.41, 5.74) is 1.44. The fourth-order valence-electron chi connectivity index (χ4n) is 2.76. The monoisotopic (exact) mass is 375 g/mol. The van der Waals surface area contributed by atoms with Gasteiger partial charge in [0, 0.05) is 12.7 Å². The Morgan fingerprint density at radius 2 is 1.64 bits per heavy atom. The number of aromatic nitrogens is 1. The number of amides is 1. The molecule has 0 radical (unpaired) electrons. The zero-order valence-electron chi connectivity index (χ0n) is 14.8. The van der Waals surface area contributed by atoms with Crippen LogP contribution in [-0.4, -0.2) is 21.7 Å². The van der Waals surface area contributed by atoms with Crippen molar-refractivity contribution >= 4 is 17.7 Å². The van der Waals surface area contributed by atoms with Crippen molar-refractivity contribution in [2.45, 2.75) is 13.2 Å². The molecular formula is C21H17N3O4. The van der Waals surface area contributed by atoms with E-state index in [-0.39, 0.29) is 30.1 Å². The summed E-state index contributed by atoms with van der Waals surface area (Å²) in [6.45, 7) is 0.277. The third-order valence-electron chi connectivity index (χ3n) is 4.04. The molecule has 7 nitrogen and oxygen atoms in total. The molecule has 0 aliphatic carbocycles. The topological polar surface area (TPSA) is 104 Å². The lowest BCUT2D eigenvalue weighted by molar-refractivity contribution is 0.0687. The Labute approximate surface area is 161 Å². The number of nitriles is 1. The molecule has 0 saturated carbocycles. The first-order valence-corrected chi connectivity index (χ1v) is 8.46. The van der Waals surface area contributed by atoms with E-state index in [0.717, 1.165) is 11.1 Å². The second kappa shape index (κ2) is 8.56. The largest absolute Gasteiger partial charge is 0.477 e. The molecule has 2 N–H and O–H groups in total. The third-order valence-corrected chi connectivity index (χ3v) is 4.04. The molecule has 0 atom stereocenters. The molecule has 3 rings (SSSR count). The van der Waals surface area contributed by atoms with Gasteiger partial charge in [-0.3, -0.25) is 5.32 Å². The van der Waals surface area contributed by atoms with Gasteiger partial charge in [-0.2, -0.15) is 5.26 Å². The molecule has 28 heavy (non-hydrogen) atoms. The van der Waals surface area contributed by atoms with Crippen molar-refractivity contribution in [3.8, 4) is 6.07 Å². The summed E-state index contributed by atoms with van der Waals surface area (Å²) < 4.78 is 6.55. The summed E-state index contributed by atoms with van der Waals surface area (Å²) >= 11 is 0. The lowest BCUT2D eigenvalue weighted by Crippen LogP contribution is -2.17. The number of carbonyl (C=O) groups is 2.